The van der Waals surface area contributed by atoms with Crippen molar-refractivity contribution in [1.82, 2.24) is 0 Å². The van der Waals surface area contributed by atoms with Crippen LogP contribution in [-0.2, 0) is 19.1 Å². The fraction of sp³-hybridized carbons (Fsp3) is 0.690. The second-order valence-electron chi connectivity index (χ2n) is 18.2. The van der Waals surface area contributed by atoms with Crippen LogP contribution in [-0.4, -0.2) is 29.4 Å². The number of aryl methyl sites for hydroxylation is 2. The van der Waals surface area contributed by atoms with Gasteiger partial charge in [0, 0.05) is 23.3 Å². The summed E-state index contributed by atoms with van der Waals surface area (Å²) in [5, 5.41) is 10.8. The predicted octanol–water partition coefficient (Wildman–Crippen LogP) is 9.69. The number of hydrogen-bond donors (Lipinski definition) is 1. The molecule has 0 aromatic heterocycles. The summed E-state index contributed by atoms with van der Waals surface area (Å²) in [6.07, 6.45) is 15.1. The molecule has 5 aliphatic rings. The van der Waals surface area contributed by atoms with Gasteiger partial charge < -0.3 is 9.84 Å². The van der Waals surface area contributed by atoms with Gasteiger partial charge in [0.05, 0.1) is 12.0 Å². The van der Waals surface area contributed by atoms with E-state index in [1.807, 2.05) is 12.1 Å². The van der Waals surface area contributed by atoms with Crippen molar-refractivity contribution in [3.63, 3.8) is 0 Å². The molecule has 5 nitrogen and oxygen atoms in total. The van der Waals surface area contributed by atoms with Crippen molar-refractivity contribution in [2.75, 3.05) is 6.61 Å². The molecule has 4 fully saturated rings. The molecular formula is C42H58O5. The number of hydrogen-bond acceptors (Lipinski definition) is 4. The molecular weight excluding hydrogens is 584 g/mol. The lowest BCUT2D eigenvalue weighted by molar-refractivity contribution is -0.195. The summed E-state index contributed by atoms with van der Waals surface area (Å²) in [4.78, 5) is 39.5. The van der Waals surface area contributed by atoms with Gasteiger partial charge in [-0.3, -0.25) is 9.59 Å². The summed E-state index contributed by atoms with van der Waals surface area (Å²) in [7, 11) is 0. The van der Waals surface area contributed by atoms with Gasteiger partial charge in [-0.05, 0) is 135 Å². The molecule has 6 rings (SSSR count). The fourth-order valence-electron chi connectivity index (χ4n) is 12.2. The zero-order chi connectivity index (χ0) is 34.2. The van der Waals surface area contributed by atoms with Crippen LogP contribution >= 0.6 is 0 Å². The van der Waals surface area contributed by atoms with E-state index in [1.165, 1.54) is 22.8 Å². The number of ether oxygens (including phenoxy) is 1. The number of carboxylic acids is 1. The molecule has 47 heavy (non-hydrogen) atoms. The van der Waals surface area contributed by atoms with E-state index in [0.29, 0.717) is 43.5 Å². The Morgan fingerprint density at radius 3 is 2.36 bits per heavy atom. The summed E-state index contributed by atoms with van der Waals surface area (Å²) in [6.45, 7) is 18.4. The fourth-order valence-corrected chi connectivity index (χ4v) is 12.2. The van der Waals surface area contributed by atoms with Crippen molar-refractivity contribution in [3.05, 3.63) is 52.6 Å². The van der Waals surface area contributed by atoms with Crippen LogP contribution in [0.25, 0.3) is 6.08 Å². The van der Waals surface area contributed by atoms with Crippen LogP contribution in [0.3, 0.4) is 0 Å². The lowest BCUT2D eigenvalue weighted by Crippen LogP contribution is -2.65. The number of Topliss-reactive ketones (excluding diaryl/α,β-unsaturated/α-hetero) is 1. The number of benzene rings is 1. The van der Waals surface area contributed by atoms with Gasteiger partial charge in [0.25, 0.3) is 0 Å². The molecule has 0 heterocycles. The van der Waals surface area contributed by atoms with E-state index in [0.717, 1.165) is 56.9 Å². The first kappa shape index (κ1) is 34.2. The number of carbonyl (C=O) groups is 3. The molecule has 4 saturated carbocycles. The average Bonchev–Trinajstić information content (AvgIpc) is 2.99. The molecule has 7 atom stereocenters. The van der Waals surface area contributed by atoms with E-state index in [-0.39, 0.29) is 39.0 Å². The quantitative estimate of drug-likeness (QED) is 0.190. The van der Waals surface area contributed by atoms with E-state index in [9.17, 15) is 19.5 Å². The van der Waals surface area contributed by atoms with Crippen molar-refractivity contribution in [3.8, 4) is 0 Å². The maximum atomic E-state index is 13.2. The summed E-state index contributed by atoms with van der Waals surface area (Å²) in [5.74, 6) is 0.153. The molecule has 1 aromatic rings. The molecule has 0 amide bonds. The Balaban J connectivity index is 1.36. The second-order valence-corrected chi connectivity index (χ2v) is 18.2. The van der Waals surface area contributed by atoms with E-state index >= 15 is 0 Å². The van der Waals surface area contributed by atoms with Crippen LogP contribution in [0.5, 0.6) is 0 Å². The number of fused-ring (bicyclic) bond motifs is 7. The number of carbonyl (C=O) groups excluding carboxylic acids is 2. The van der Waals surface area contributed by atoms with Crippen LogP contribution in [0.4, 0.5) is 0 Å². The van der Waals surface area contributed by atoms with E-state index < -0.39 is 11.4 Å². The monoisotopic (exact) mass is 642 g/mol. The standard InChI is InChI=1S/C42H58O5/c1-27-9-10-29(25-28(27)2)11-14-35(44)47-24-23-42-22-21-41(36(45)46)20-19-37(3,4)26-31(41)30(42)12-13-33-39(7)17-16-34(43)38(5,6)32(39)15-18-40(33,42)8/h9-12,14,25,31-33H,13,15-24,26H2,1-8H3,(H,45,46)/b14-11+/t31?,32?,33?,39-,40+,41?,42?/m0/s1. The van der Waals surface area contributed by atoms with Gasteiger partial charge >= 0.3 is 11.9 Å². The molecule has 0 radical (unpaired) electrons. The Bertz CT molecular complexity index is 1530. The van der Waals surface area contributed by atoms with Gasteiger partial charge in [0.15, 0.2) is 0 Å². The third-order valence-electron chi connectivity index (χ3n) is 15.2. The lowest BCUT2D eigenvalue weighted by atomic mass is 9.33. The molecule has 5 unspecified atom stereocenters. The minimum atomic E-state index is -0.722. The molecule has 0 aliphatic heterocycles. The van der Waals surface area contributed by atoms with Crippen molar-refractivity contribution >= 4 is 23.8 Å². The summed E-state index contributed by atoms with van der Waals surface area (Å²) >= 11 is 0. The van der Waals surface area contributed by atoms with Crippen LogP contribution in [0.1, 0.15) is 129 Å². The molecule has 0 bridgehead atoms. The van der Waals surface area contributed by atoms with Crippen LogP contribution in [0, 0.1) is 64.1 Å². The molecule has 0 spiro atoms. The predicted molar refractivity (Wildman–Crippen MR) is 187 cm³/mol. The summed E-state index contributed by atoms with van der Waals surface area (Å²) in [6, 6.07) is 6.17. The number of carboxylic acid groups (broad SMARTS) is 1. The minimum absolute atomic E-state index is 0.00875. The average molecular weight is 643 g/mol. The van der Waals surface area contributed by atoms with Gasteiger partial charge in [-0.2, -0.15) is 0 Å². The molecule has 5 aliphatic carbocycles. The first-order valence-corrected chi connectivity index (χ1v) is 18.3. The van der Waals surface area contributed by atoms with Gasteiger partial charge in [-0.15, -0.1) is 0 Å². The Morgan fingerprint density at radius 2 is 1.66 bits per heavy atom. The van der Waals surface area contributed by atoms with Crippen molar-refractivity contribution < 1.29 is 24.2 Å². The maximum absolute atomic E-state index is 13.2. The normalized spacial score (nSPS) is 38.8. The molecule has 1 N–H and O–H groups in total. The zero-order valence-electron chi connectivity index (χ0n) is 30.3. The topological polar surface area (TPSA) is 80.7 Å². The van der Waals surface area contributed by atoms with Crippen LogP contribution < -0.4 is 0 Å². The third kappa shape index (κ3) is 5.19. The number of allylic oxidation sites excluding steroid dienone is 2. The Hall–Kier alpha value is -2.69. The van der Waals surface area contributed by atoms with Gasteiger partial charge in [-0.1, -0.05) is 71.4 Å². The molecule has 5 heteroatoms. The van der Waals surface area contributed by atoms with E-state index in [4.69, 9.17) is 4.74 Å². The Kier molecular flexibility index (Phi) is 8.32. The zero-order valence-corrected chi connectivity index (χ0v) is 30.3. The van der Waals surface area contributed by atoms with Crippen molar-refractivity contribution in [2.45, 2.75) is 126 Å². The second kappa shape index (κ2) is 11.4. The molecule has 256 valence electrons. The highest BCUT2D eigenvalue weighted by atomic mass is 16.5. The third-order valence-corrected chi connectivity index (χ3v) is 15.2. The summed E-state index contributed by atoms with van der Waals surface area (Å²) < 4.78 is 6.00. The number of aliphatic carboxylic acids is 1. The molecule has 0 saturated heterocycles. The highest BCUT2D eigenvalue weighted by Crippen LogP contribution is 2.76. The van der Waals surface area contributed by atoms with E-state index in [2.05, 4.69) is 73.6 Å². The van der Waals surface area contributed by atoms with Gasteiger partial charge in [0.1, 0.15) is 5.78 Å². The Morgan fingerprint density at radius 1 is 0.936 bits per heavy atom. The molecule has 1 aromatic carbocycles. The van der Waals surface area contributed by atoms with Crippen molar-refractivity contribution in [1.29, 1.82) is 0 Å². The largest absolute Gasteiger partial charge is 0.481 e. The number of ketones is 1. The summed E-state index contributed by atoms with van der Waals surface area (Å²) in [5.41, 5.74) is 3.47. The first-order chi connectivity index (χ1) is 21.9. The van der Waals surface area contributed by atoms with Gasteiger partial charge in [0.2, 0.25) is 0 Å². The Labute approximate surface area is 283 Å². The maximum Gasteiger partial charge on any atom is 0.330 e. The highest BCUT2D eigenvalue weighted by Gasteiger charge is 2.70. The van der Waals surface area contributed by atoms with Crippen molar-refractivity contribution in [2.24, 2.45) is 50.2 Å². The number of esters is 1. The van der Waals surface area contributed by atoms with E-state index in [1.54, 1.807) is 0 Å². The van der Waals surface area contributed by atoms with Crippen LogP contribution in [0.2, 0.25) is 0 Å². The smallest absolute Gasteiger partial charge is 0.330 e. The highest BCUT2D eigenvalue weighted by molar-refractivity contribution is 5.87. The van der Waals surface area contributed by atoms with Crippen LogP contribution in [0.15, 0.2) is 35.9 Å². The first-order valence-electron chi connectivity index (χ1n) is 18.3. The minimum Gasteiger partial charge on any atom is -0.481 e. The van der Waals surface area contributed by atoms with Gasteiger partial charge in [-0.25, -0.2) is 4.79 Å². The SMILES string of the molecule is Cc1ccc(/C=C/C(=O)OCCC23CCC4(C(=O)O)CCC(C)(C)CC4C2=CCC2[C@@]4(C)CCC(=O)C(C)(C)C4CC[C@]23C)cc1C. The number of rotatable bonds is 6. The lowest BCUT2D eigenvalue weighted by Gasteiger charge is -2.71.